The topological polar surface area (TPSA) is 55.2 Å². The summed E-state index contributed by atoms with van der Waals surface area (Å²) in [4.78, 5) is 10.2. The number of anilines is 1. The second kappa shape index (κ2) is 5.96. The Kier molecular flexibility index (Phi) is 4.29. The summed E-state index contributed by atoms with van der Waals surface area (Å²) in [6, 6.07) is 7.64. The van der Waals surface area contributed by atoms with Gasteiger partial charge in [0.2, 0.25) is 0 Å². The predicted octanol–water partition coefficient (Wildman–Crippen LogP) is 4.25. The molecule has 0 aromatic heterocycles. The molecule has 0 fully saturated rings. The van der Waals surface area contributed by atoms with Gasteiger partial charge in [-0.05, 0) is 45.8 Å². The van der Waals surface area contributed by atoms with Crippen molar-refractivity contribution in [2.75, 3.05) is 5.32 Å². The Morgan fingerprint density at radius 2 is 1.80 bits per heavy atom. The first-order valence-corrected chi connectivity index (χ1v) is 6.38. The fraction of sp³-hybridized carbons (Fsp3) is 0.0769. The van der Waals surface area contributed by atoms with E-state index in [0.29, 0.717) is 15.7 Å². The Morgan fingerprint density at radius 3 is 2.35 bits per heavy atom. The normalized spacial score (nSPS) is 10.3. The molecule has 2 aromatic rings. The van der Waals surface area contributed by atoms with Crippen LogP contribution in [0, 0.1) is 21.7 Å². The van der Waals surface area contributed by atoms with Crippen LogP contribution in [0.1, 0.15) is 5.56 Å². The SMILES string of the molecule is O=[N+]([O-])c1ccc(NCc2cc(F)cc(F)c2)cc1Br. The van der Waals surface area contributed by atoms with Crippen molar-refractivity contribution in [2.45, 2.75) is 6.54 Å². The number of hydrogen-bond acceptors (Lipinski definition) is 3. The maximum Gasteiger partial charge on any atom is 0.283 e. The van der Waals surface area contributed by atoms with Gasteiger partial charge in [-0.15, -0.1) is 0 Å². The van der Waals surface area contributed by atoms with E-state index in [-0.39, 0.29) is 12.2 Å². The van der Waals surface area contributed by atoms with Crippen LogP contribution in [0.4, 0.5) is 20.2 Å². The molecule has 104 valence electrons. The van der Waals surface area contributed by atoms with Crippen LogP contribution in [-0.2, 0) is 6.54 Å². The summed E-state index contributed by atoms with van der Waals surface area (Å²) < 4.78 is 26.4. The smallest absolute Gasteiger partial charge is 0.283 e. The minimum Gasteiger partial charge on any atom is -0.381 e. The van der Waals surface area contributed by atoms with E-state index >= 15 is 0 Å². The van der Waals surface area contributed by atoms with Gasteiger partial charge in [0.05, 0.1) is 9.40 Å². The molecule has 2 aromatic carbocycles. The summed E-state index contributed by atoms with van der Waals surface area (Å²) in [5, 5.41) is 13.6. The minimum absolute atomic E-state index is 0.0487. The van der Waals surface area contributed by atoms with E-state index in [2.05, 4.69) is 21.2 Å². The Labute approximate surface area is 121 Å². The second-order valence-corrected chi connectivity index (χ2v) is 4.91. The van der Waals surface area contributed by atoms with E-state index in [1.807, 2.05) is 0 Å². The molecule has 0 atom stereocenters. The zero-order valence-corrected chi connectivity index (χ0v) is 11.7. The summed E-state index contributed by atoms with van der Waals surface area (Å²) in [5.41, 5.74) is 0.997. The quantitative estimate of drug-likeness (QED) is 0.667. The lowest BCUT2D eigenvalue weighted by Crippen LogP contribution is -2.01. The Bertz CT molecular complexity index is 645. The molecule has 7 heteroatoms. The van der Waals surface area contributed by atoms with Crippen LogP contribution in [0.25, 0.3) is 0 Å². The minimum atomic E-state index is -0.647. The van der Waals surface area contributed by atoms with Gasteiger partial charge in [-0.3, -0.25) is 10.1 Å². The number of nitro groups is 1. The summed E-state index contributed by atoms with van der Waals surface area (Å²) in [7, 11) is 0. The van der Waals surface area contributed by atoms with Crippen molar-refractivity contribution in [3.8, 4) is 0 Å². The Hall–Kier alpha value is -2.02. The second-order valence-electron chi connectivity index (χ2n) is 4.05. The monoisotopic (exact) mass is 342 g/mol. The lowest BCUT2D eigenvalue weighted by molar-refractivity contribution is -0.385. The van der Waals surface area contributed by atoms with Crippen LogP contribution >= 0.6 is 15.9 Å². The van der Waals surface area contributed by atoms with E-state index in [1.54, 1.807) is 0 Å². The first-order valence-electron chi connectivity index (χ1n) is 5.58. The zero-order valence-electron chi connectivity index (χ0n) is 10.1. The molecule has 2 rings (SSSR count). The van der Waals surface area contributed by atoms with Gasteiger partial charge in [0.25, 0.3) is 5.69 Å². The average Bonchev–Trinajstić information content (AvgIpc) is 2.35. The number of halogens is 3. The van der Waals surface area contributed by atoms with Crippen molar-refractivity contribution in [3.63, 3.8) is 0 Å². The van der Waals surface area contributed by atoms with Crippen LogP contribution < -0.4 is 5.32 Å². The molecular formula is C13H9BrF2N2O2. The van der Waals surface area contributed by atoms with Crippen molar-refractivity contribution < 1.29 is 13.7 Å². The van der Waals surface area contributed by atoms with E-state index in [4.69, 9.17) is 0 Å². The molecule has 0 spiro atoms. The highest BCUT2D eigenvalue weighted by atomic mass is 79.9. The summed E-state index contributed by atoms with van der Waals surface area (Å²) >= 11 is 3.10. The van der Waals surface area contributed by atoms with Gasteiger partial charge in [0, 0.05) is 24.4 Å². The zero-order chi connectivity index (χ0) is 14.7. The van der Waals surface area contributed by atoms with Gasteiger partial charge in [-0.2, -0.15) is 0 Å². The van der Waals surface area contributed by atoms with Gasteiger partial charge in [0.1, 0.15) is 11.6 Å². The largest absolute Gasteiger partial charge is 0.381 e. The van der Waals surface area contributed by atoms with Crippen molar-refractivity contribution in [3.05, 3.63) is 68.2 Å². The first-order chi connectivity index (χ1) is 9.45. The highest BCUT2D eigenvalue weighted by Crippen LogP contribution is 2.27. The van der Waals surface area contributed by atoms with Crippen molar-refractivity contribution >= 4 is 27.3 Å². The molecular weight excluding hydrogens is 334 g/mol. The van der Waals surface area contributed by atoms with Crippen molar-refractivity contribution in [1.29, 1.82) is 0 Å². The van der Waals surface area contributed by atoms with Crippen molar-refractivity contribution in [2.24, 2.45) is 0 Å². The molecule has 20 heavy (non-hydrogen) atoms. The average molecular weight is 343 g/mol. The van der Waals surface area contributed by atoms with Gasteiger partial charge in [-0.25, -0.2) is 8.78 Å². The van der Waals surface area contributed by atoms with Crippen LogP contribution in [0.3, 0.4) is 0 Å². The van der Waals surface area contributed by atoms with Crippen LogP contribution in [0.2, 0.25) is 0 Å². The Morgan fingerprint density at radius 1 is 1.15 bits per heavy atom. The van der Waals surface area contributed by atoms with Gasteiger partial charge < -0.3 is 5.32 Å². The number of benzene rings is 2. The number of rotatable bonds is 4. The molecule has 0 saturated heterocycles. The molecule has 0 bridgehead atoms. The standard InChI is InChI=1S/C13H9BrF2N2O2/c14-12-6-11(1-2-13(12)18(19)20)17-7-8-3-9(15)5-10(16)4-8/h1-6,17H,7H2. The maximum absolute atomic E-state index is 13.0. The van der Waals surface area contributed by atoms with Gasteiger partial charge >= 0.3 is 0 Å². The summed E-state index contributed by atoms with van der Waals surface area (Å²) in [6.45, 7) is 0.207. The third-order valence-electron chi connectivity index (χ3n) is 2.56. The molecule has 4 nitrogen and oxygen atoms in total. The number of nitrogens with one attached hydrogen (secondary N) is 1. The van der Waals surface area contributed by atoms with Gasteiger partial charge in [0.15, 0.2) is 0 Å². The predicted molar refractivity (Wildman–Crippen MR) is 74.5 cm³/mol. The molecule has 0 unspecified atom stereocenters. The van der Waals surface area contributed by atoms with Crippen LogP contribution in [0.15, 0.2) is 40.9 Å². The third-order valence-corrected chi connectivity index (χ3v) is 3.20. The van der Waals surface area contributed by atoms with E-state index in [0.717, 1.165) is 6.07 Å². The highest BCUT2D eigenvalue weighted by Gasteiger charge is 2.11. The summed E-state index contributed by atoms with van der Waals surface area (Å²) in [5.74, 6) is -1.29. The lowest BCUT2D eigenvalue weighted by atomic mass is 10.2. The van der Waals surface area contributed by atoms with Crippen LogP contribution in [0.5, 0.6) is 0 Å². The fourth-order valence-electron chi connectivity index (χ4n) is 1.68. The first kappa shape index (κ1) is 14.4. The molecule has 0 heterocycles. The molecule has 0 aliphatic carbocycles. The van der Waals surface area contributed by atoms with Gasteiger partial charge in [-0.1, -0.05) is 0 Å². The summed E-state index contributed by atoms with van der Waals surface area (Å²) in [6.07, 6.45) is 0. The Balaban J connectivity index is 2.11. The number of nitrogens with zero attached hydrogens (tertiary/aromatic N) is 1. The van der Waals surface area contributed by atoms with E-state index < -0.39 is 16.6 Å². The molecule has 1 N–H and O–H groups in total. The molecule has 0 aliphatic heterocycles. The number of nitro benzene ring substituents is 1. The maximum atomic E-state index is 13.0. The van der Waals surface area contributed by atoms with Crippen LogP contribution in [-0.4, -0.2) is 4.92 Å². The molecule has 0 amide bonds. The van der Waals surface area contributed by atoms with Crippen molar-refractivity contribution in [1.82, 2.24) is 0 Å². The molecule has 0 saturated carbocycles. The fourth-order valence-corrected chi connectivity index (χ4v) is 2.21. The number of hydrogen-bond donors (Lipinski definition) is 1. The molecule has 0 aliphatic rings. The molecule has 0 radical (unpaired) electrons. The van der Waals surface area contributed by atoms with E-state index in [9.17, 15) is 18.9 Å². The third kappa shape index (κ3) is 3.51. The highest BCUT2D eigenvalue weighted by molar-refractivity contribution is 9.10. The lowest BCUT2D eigenvalue weighted by Gasteiger charge is -2.07. The van der Waals surface area contributed by atoms with E-state index in [1.165, 1.54) is 30.3 Å².